The molecular formula is C12H14N2O. The van der Waals surface area contributed by atoms with Crippen LogP contribution in [0.3, 0.4) is 0 Å². The number of fused-ring (bicyclic) bond motifs is 2. The molecule has 3 heteroatoms. The third-order valence-corrected chi connectivity index (χ3v) is 3.15. The molecule has 2 aliphatic heterocycles. The van der Waals surface area contributed by atoms with Crippen molar-refractivity contribution in [2.45, 2.75) is 19.1 Å². The van der Waals surface area contributed by atoms with Crippen LogP contribution in [0.4, 0.5) is 5.69 Å². The molecule has 1 aromatic carbocycles. The van der Waals surface area contributed by atoms with Crippen molar-refractivity contribution in [1.82, 2.24) is 4.90 Å². The maximum atomic E-state index is 5.42. The molecule has 1 unspecified atom stereocenters. The van der Waals surface area contributed by atoms with Crippen LogP contribution < -0.4 is 0 Å². The first-order valence-electron chi connectivity index (χ1n) is 5.33. The van der Waals surface area contributed by atoms with E-state index >= 15 is 0 Å². The minimum absolute atomic E-state index is 0.193. The van der Waals surface area contributed by atoms with E-state index in [2.05, 4.69) is 28.1 Å². The minimum atomic E-state index is 0.193. The summed E-state index contributed by atoms with van der Waals surface area (Å²) in [4.78, 5) is 6.99. The summed E-state index contributed by atoms with van der Waals surface area (Å²) < 4.78 is 5.42. The highest BCUT2D eigenvalue weighted by Gasteiger charge is 2.32. The lowest BCUT2D eigenvalue weighted by molar-refractivity contribution is 0.158. The van der Waals surface area contributed by atoms with Gasteiger partial charge in [0.15, 0.2) is 0 Å². The number of aliphatic imine (C=N–C) groups is 1. The van der Waals surface area contributed by atoms with Crippen molar-refractivity contribution in [3.63, 3.8) is 0 Å². The number of rotatable bonds is 1. The van der Waals surface area contributed by atoms with Gasteiger partial charge in [-0.3, -0.25) is 0 Å². The summed E-state index contributed by atoms with van der Waals surface area (Å²) >= 11 is 0. The quantitative estimate of drug-likeness (QED) is 0.695. The van der Waals surface area contributed by atoms with E-state index in [4.69, 9.17) is 4.74 Å². The molecule has 1 fully saturated rings. The van der Waals surface area contributed by atoms with E-state index in [0.717, 1.165) is 31.0 Å². The highest BCUT2D eigenvalue weighted by molar-refractivity contribution is 5.92. The molecule has 1 saturated heterocycles. The van der Waals surface area contributed by atoms with Crippen LogP contribution in [0.25, 0.3) is 0 Å². The Bertz CT molecular complexity index is 414. The molecule has 0 aromatic heterocycles. The first kappa shape index (κ1) is 8.92. The van der Waals surface area contributed by atoms with Crippen LogP contribution in [0.15, 0.2) is 29.3 Å². The van der Waals surface area contributed by atoms with E-state index in [-0.39, 0.29) is 6.10 Å². The van der Waals surface area contributed by atoms with Crippen LogP contribution in [0.5, 0.6) is 0 Å². The summed E-state index contributed by atoms with van der Waals surface area (Å²) in [5, 5.41) is 0. The third kappa shape index (κ3) is 1.35. The van der Waals surface area contributed by atoms with Crippen molar-refractivity contribution in [3.8, 4) is 0 Å². The second-order valence-electron chi connectivity index (χ2n) is 4.03. The summed E-state index contributed by atoms with van der Waals surface area (Å²) in [5.74, 6) is 1.11. The summed E-state index contributed by atoms with van der Waals surface area (Å²) in [6, 6.07) is 8.33. The number of hydrogen-bond donors (Lipinski definition) is 0. The van der Waals surface area contributed by atoms with Crippen molar-refractivity contribution in [1.29, 1.82) is 0 Å². The fourth-order valence-electron chi connectivity index (χ4n) is 2.33. The second kappa shape index (κ2) is 3.35. The van der Waals surface area contributed by atoms with E-state index in [1.54, 1.807) is 7.11 Å². The number of nitrogens with zero attached hydrogens (tertiary/aromatic N) is 2. The van der Waals surface area contributed by atoms with Crippen molar-refractivity contribution in [2.24, 2.45) is 4.99 Å². The molecule has 0 spiro atoms. The van der Waals surface area contributed by atoms with Crippen molar-refractivity contribution in [3.05, 3.63) is 29.8 Å². The van der Waals surface area contributed by atoms with Gasteiger partial charge in [-0.15, -0.1) is 0 Å². The maximum Gasteiger partial charge on any atom is 0.134 e. The number of methoxy groups -OCH3 is 1. The Balaban J connectivity index is 2.03. The summed E-state index contributed by atoms with van der Waals surface area (Å²) in [6.07, 6.45) is 1.25. The Kier molecular flexibility index (Phi) is 1.99. The van der Waals surface area contributed by atoms with Crippen LogP contribution in [0.2, 0.25) is 0 Å². The molecule has 78 valence electrons. The largest absolute Gasteiger partial charge is 0.373 e. The van der Waals surface area contributed by atoms with Gasteiger partial charge in [-0.2, -0.15) is 0 Å². The predicted molar refractivity (Wildman–Crippen MR) is 59.4 cm³/mol. The average molecular weight is 202 g/mol. The van der Waals surface area contributed by atoms with Crippen molar-refractivity contribution in [2.75, 3.05) is 13.7 Å². The monoisotopic (exact) mass is 202 g/mol. The highest BCUT2D eigenvalue weighted by Crippen LogP contribution is 2.30. The van der Waals surface area contributed by atoms with Gasteiger partial charge < -0.3 is 9.64 Å². The average Bonchev–Trinajstić information content (AvgIpc) is 2.68. The van der Waals surface area contributed by atoms with Crippen molar-refractivity contribution < 1.29 is 4.74 Å². The zero-order valence-corrected chi connectivity index (χ0v) is 8.81. The maximum absolute atomic E-state index is 5.42. The number of para-hydroxylation sites is 1. The van der Waals surface area contributed by atoms with Crippen LogP contribution in [-0.4, -0.2) is 30.5 Å². The lowest BCUT2D eigenvalue weighted by atomic mass is 10.1. The summed E-state index contributed by atoms with van der Waals surface area (Å²) in [6.45, 7) is 2.04. The Morgan fingerprint density at radius 3 is 3.13 bits per heavy atom. The van der Waals surface area contributed by atoms with E-state index in [1.807, 2.05) is 6.07 Å². The van der Waals surface area contributed by atoms with E-state index in [9.17, 15) is 0 Å². The topological polar surface area (TPSA) is 24.8 Å². The van der Waals surface area contributed by atoms with Crippen LogP contribution in [0, 0.1) is 0 Å². The fourth-order valence-corrected chi connectivity index (χ4v) is 2.33. The molecule has 1 aromatic rings. The van der Waals surface area contributed by atoms with E-state index < -0.39 is 0 Å². The molecule has 3 rings (SSSR count). The number of ether oxygens (including phenoxy) is 1. The predicted octanol–water partition coefficient (Wildman–Crippen LogP) is 1.95. The third-order valence-electron chi connectivity index (χ3n) is 3.15. The Morgan fingerprint density at radius 1 is 1.40 bits per heavy atom. The summed E-state index contributed by atoms with van der Waals surface area (Å²) in [7, 11) is 1.76. The number of hydrogen-bond acceptors (Lipinski definition) is 3. The van der Waals surface area contributed by atoms with Gasteiger partial charge in [0, 0.05) is 20.2 Å². The second-order valence-corrected chi connectivity index (χ2v) is 4.03. The van der Waals surface area contributed by atoms with Crippen LogP contribution in [-0.2, 0) is 11.3 Å². The standard InChI is InChI=1S/C12H14N2O/c1-15-11-6-7-14-8-9-4-2-3-5-10(9)13-12(11)14/h2-5,11H,6-8H2,1H3. The van der Waals surface area contributed by atoms with Gasteiger partial charge >= 0.3 is 0 Å². The van der Waals surface area contributed by atoms with Crippen LogP contribution in [0.1, 0.15) is 12.0 Å². The van der Waals surface area contributed by atoms with Gasteiger partial charge in [0.2, 0.25) is 0 Å². The molecule has 15 heavy (non-hydrogen) atoms. The van der Waals surface area contributed by atoms with Gasteiger partial charge in [-0.1, -0.05) is 18.2 Å². The molecule has 0 N–H and O–H groups in total. The molecular weight excluding hydrogens is 188 g/mol. The molecule has 2 heterocycles. The minimum Gasteiger partial charge on any atom is -0.373 e. The van der Waals surface area contributed by atoms with E-state index in [0.29, 0.717) is 0 Å². The fraction of sp³-hybridized carbons (Fsp3) is 0.417. The van der Waals surface area contributed by atoms with Crippen molar-refractivity contribution >= 4 is 11.5 Å². The number of benzene rings is 1. The SMILES string of the molecule is COC1CCN2Cc3ccccc3N=C12. The van der Waals surface area contributed by atoms with Gasteiger partial charge in [-0.05, 0) is 18.1 Å². The van der Waals surface area contributed by atoms with Gasteiger partial charge in [0.05, 0.1) is 5.69 Å². The first-order chi connectivity index (χ1) is 7.38. The Hall–Kier alpha value is -1.35. The highest BCUT2D eigenvalue weighted by atomic mass is 16.5. The van der Waals surface area contributed by atoms with Crippen LogP contribution >= 0.6 is 0 Å². The molecule has 3 nitrogen and oxygen atoms in total. The molecule has 0 saturated carbocycles. The zero-order valence-electron chi connectivity index (χ0n) is 8.81. The molecule has 0 radical (unpaired) electrons. The van der Waals surface area contributed by atoms with Gasteiger partial charge in [0.1, 0.15) is 11.9 Å². The lowest BCUT2D eigenvalue weighted by Gasteiger charge is -2.25. The Labute approximate surface area is 89.4 Å². The normalized spacial score (nSPS) is 23.4. The summed E-state index contributed by atoms with van der Waals surface area (Å²) in [5.41, 5.74) is 2.42. The smallest absolute Gasteiger partial charge is 0.134 e. The molecule has 2 aliphatic rings. The number of amidine groups is 1. The van der Waals surface area contributed by atoms with E-state index in [1.165, 1.54) is 5.56 Å². The Morgan fingerprint density at radius 2 is 2.27 bits per heavy atom. The lowest BCUT2D eigenvalue weighted by Crippen LogP contribution is -2.32. The molecule has 0 amide bonds. The zero-order chi connectivity index (χ0) is 10.3. The first-order valence-corrected chi connectivity index (χ1v) is 5.33. The van der Waals surface area contributed by atoms with Gasteiger partial charge in [0.25, 0.3) is 0 Å². The molecule has 1 atom stereocenters. The molecule has 0 bridgehead atoms. The molecule has 0 aliphatic carbocycles. The van der Waals surface area contributed by atoms with Gasteiger partial charge in [-0.25, -0.2) is 4.99 Å².